The fourth-order valence-corrected chi connectivity index (χ4v) is 2.22. The molecular weight excluding hydrogens is 204 g/mol. The molecule has 5 heteroatoms. The van der Waals surface area contributed by atoms with Crippen molar-refractivity contribution in [2.45, 2.75) is 31.6 Å². The van der Waals surface area contributed by atoms with Gasteiger partial charge in [0.05, 0.1) is 5.41 Å². The molecule has 0 saturated carbocycles. The Labute approximate surface area is 96.2 Å². The molecule has 1 aromatic heterocycles. The Morgan fingerprint density at radius 1 is 1.50 bits per heavy atom. The molecule has 0 radical (unpaired) electrons. The summed E-state index contributed by atoms with van der Waals surface area (Å²) in [5.41, 5.74) is 0.0412. The predicted molar refractivity (Wildman–Crippen MR) is 62.7 cm³/mol. The third-order valence-electron chi connectivity index (χ3n) is 3.42. The van der Waals surface area contributed by atoms with Crippen molar-refractivity contribution in [2.24, 2.45) is 0 Å². The lowest BCUT2D eigenvalue weighted by Gasteiger charge is -2.33. The number of nitrogens with one attached hydrogen (secondary N) is 1. The second-order valence-corrected chi connectivity index (χ2v) is 4.71. The van der Waals surface area contributed by atoms with Crippen molar-refractivity contribution < 1.29 is 4.52 Å². The molecule has 2 heterocycles. The normalized spacial score (nSPS) is 25.7. The highest BCUT2D eigenvalue weighted by molar-refractivity contribution is 5.25. The van der Waals surface area contributed by atoms with Gasteiger partial charge in [-0.1, -0.05) is 6.92 Å². The number of nitrogens with zero attached hydrogens (tertiary/aromatic N) is 3. The van der Waals surface area contributed by atoms with Crippen LogP contribution in [-0.4, -0.2) is 37.3 Å². The van der Waals surface area contributed by atoms with Gasteiger partial charge in [0.15, 0.2) is 0 Å². The molecule has 0 amide bonds. The summed E-state index contributed by atoms with van der Waals surface area (Å²) in [5, 5.41) is 7.42. The highest BCUT2D eigenvalue weighted by atomic mass is 16.5. The number of anilines is 1. The van der Waals surface area contributed by atoms with Crippen LogP contribution in [0.2, 0.25) is 0 Å². The van der Waals surface area contributed by atoms with Gasteiger partial charge in [-0.25, -0.2) is 0 Å². The molecule has 5 nitrogen and oxygen atoms in total. The summed E-state index contributed by atoms with van der Waals surface area (Å²) in [7, 11) is 3.85. The standard InChI is InChI=1S/C11H20N4O/c1-4-11(6-5-7-12-8-11)9-13-10(14-16-9)15(2)3/h12H,4-8H2,1-3H3. The molecule has 1 aromatic rings. The van der Waals surface area contributed by atoms with E-state index < -0.39 is 0 Å². The molecule has 16 heavy (non-hydrogen) atoms. The number of rotatable bonds is 3. The van der Waals surface area contributed by atoms with Crippen LogP contribution in [0, 0.1) is 0 Å². The Balaban J connectivity index is 2.25. The zero-order valence-electron chi connectivity index (χ0n) is 10.3. The summed E-state index contributed by atoms with van der Waals surface area (Å²) in [6, 6.07) is 0. The maximum atomic E-state index is 5.42. The summed E-state index contributed by atoms with van der Waals surface area (Å²) < 4.78 is 5.42. The van der Waals surface area contributed by atoms with Crippen molar-refractivity contribution in [1.82, 2.24) is 15.5 Å². The van der Waals surface area contributed by atoms with Gasteiger partial charge in [0.1, 0.15) is 0 Å². The molecular formula is C11H20N4O. The van der Waals surface area contributed by atoms with Crippen LogP contribution in [0.3, 0.4) is 0 Å². The van der Waals surface area contributed by atoms with E-state index in [9.17, 15) is 0 Å². The molecule has 0 bridgehead atoms. The van der Waals surface area contributed by atoms with E-state index in [1.165, 1.54) is 6.42 Å². The first-order chi connectivity index (χ1) is 7.68. The lowest BCUT2D eigenvalue weighted by Crippen LogP contribution is -2.43. The Kier molecular flexibility index (Phi) is 3.14. The third-order valence-corrected chi connectivity index (χ3v) is 3.42. The van der Waals surface area contributed by atoms with Crippen molar-refractivity contribution in [3.8, 4) is 0 Å². The minimum atomic E-state index is 0.0412. The van der Waals surface area contributed by atoms with E-state index in [-0.39, 0.29) is 5.41 Å². The van der Waals surface area contributed by atoms with Gasteiger partial charge >= 0.3 is 0 Å². The highest BCUT2D eigenvalue weighted by Crippen LogP contribution is 2.33. The van der Waals surface area contributed by atoms with Crippen molar-refractivity contribution >= 4 is 5.95 Å². The summed E-state index contributed by atoms with van der Waals surface area (Å²) in [6.45, 7) is 4.22. The second-order valence-electron chi connectivity index (χ2n) is 4.71. The van der Waals surface area contributed by atoms with E-state index in [1.54, 1.807) is 0 Å². The molecule has 1 aliphatic rings. The Bertz CT molecular complexity index is 342. The van der Waals surface area contributed by atoms with E-state index in [2.05, 4.69) is 22.4 Å². The SMILES string of the molecule is CCC1(c2nc(N(C)C)no2)CCCNC1. The molecule has 0 aromatic carbocycles. The van der Waals surface area contributed by atoms with Gasteiger partial charge in [0, 0.05) is 20.6 Å². The zero-order chi connectivity index (χ0) is 11.6. The molecule has 1 aliphatic heterocycles. The Morgan fingerprint density at radius 3 is 2.81 bits per heavy atom. The number of piperidine rings is 1. The first-order valence-corrected chi connectivity index (χ1v) is 5.90. The highest BCUT2D eigenvalue weighted by Gasteiger charge is 2.37. The van der Waals surface area contributed by atoms with Crippen LogP contribution in [-0.2, 0) is 5.41 Å². The van der Waals surface area contributed by atoms with Gasteiger partial charge in [0.25, 0.3) is 5.95 Å². The summed E-state index contributed by atoms with van der Waals surface area (Å²) in [5.74, 6) is 1.44. The van der Waals surface area contributed by atoms with E-state index >= 15 is 0 Å². The Morgan fingerprint density at radius 2 is 2.31 bits per heavy atom. The lowest BCUT2D eigenvalue weighted by molar-refractivity contribution is 0.221. The number of hydrogen-bond acceptors (Lipinski definition) is 5. The van der Waals surface area contributed by atoms with E-state index in [0.717, 1.165) is 31.8 Å². The molecule has 1 fully saturated rings. The van der Waals surface area contributed by atoms with Crippen molar-refractivity contribution in [2.75, 3.05) is 32.1 Å². The molecule has 1 saturated heterocycles. The smallest absolute Gasteiger partial charge is 0.265 e. The van der Waals surface area contributed by atoms with E-state index in [1.807, 2.05) is 19.0 Å². The summed E-state index contributed by atoms with van der Waals surface area (Å²) >= 11 is 0. The quantitative estimate of drug-likeness (QED) is 0.835. The maximum Gasteiger partial charge on any atom is 0.265 e. The number of aromatic nitrogens is 2. The average Bonchev–Trinajstić information content (AvgIpc) is 2.80. The van der Waals surface area contributed by atoms with Gasteiger partial charge in [0.2, 0.25) is 5.89 Å². The van der Waals surface area contributed by atoms with Gasteiger partial charge < -0.3 is 14.7 Å². The van der Waals surface area contributed by atoms with Gasteiger partial charge in [-0.05, 0) is 31.0 Å². The van der Waals surface area contributed by atoms with Gasteiger partial charge in [-0.15, -0.1) is 0 Å². The second kappa shape index (κ2) is 4.41. The maximum absolute atomic E-state index is 5.42. The van der Waals surface area contributed by atoms with Crippen LogP contribution in [0.15, 0.2) is 4.52 Å². The lowest BCUT2D eigenvalue weighted by atomic mass is 9.78. The monoisotopic (exact) mass is 224 g/mol. The van der Waals surface area contributed by atoms with Crippen molar-refractivity contribution in [1.29, 1.82) is 0 Å². The summed E-state index contributed by atoms with van der Waals surface area (Å²) in [4.78, 5) is 6.35. The van der Waals surface area contributed by atoms with Crippen molar-refractivity contribution in [3.05, 3.63) is 5.89 Å². The molecule has 0 aliphatic carbocycles. The molecule has 1 unspecified atom stereocenters. The number of hydrogen-bond donors (Lipinski definition) is 1. The largest absolute Gasteiger partial charge is 0.344 e. The topological polar surface area (TPSA) is 54.2 Å². The van der Waals surface area contributed by atoms with Gasteiger partial charge in [-0.2, -0.15) is 4.98 Å². The molecule has 90 valence electrons. The minimum Gasteiger partial charge on any atom is -0.344 e. The van der Waals surface area contributed by atoms with Crippen LogP contribution < -0.4 is 10.2 Å². The van der Waals surface area contributed by atoms with E-state index in [4.69, 9.17) is 4.52 Å². The minimum absolute atomic E-state index is 0.0412. The van der Waals surface area contributed by atoms with E-state index in [0.29, 0.717) is 5.95 Å². The first kappa shape index (κ1) is 11.4. The van der Waals surface area contributed by atoms with Gasteiger partial charge in [-0.3, -0.25) is 0 Å². The average molecular weight is 224 g/mol. The van der Waals surface area contributed by atoms with Crippen LogP contribution in [0.5, 0.6) is 0 Å². The molecule has 0 spiro atoms. The molecule has 1 atom stereocenters. The zero-order valence-corrected chi connectivity index (χ0v) is 10.3. The molecule has 2 rings (SSSR count). The summed E-state index contributed by atoms with van der Waals surface area (Å²) in [6.07, 6.45) is 3.34. The fourth-order valence-electron chi connectivity index (χ4n) is 2.22. The van der Waals surface area contributed by atoms with Crippen molar-refractivity contribution in [3.63, 3.8) is 0 Å². The molecule has 1 N–H and O–H groups in total. The predicted octanol–water partition coefficient (Wildman–Crippen LogP) is 1.17. The van der Waals surface area contributed by atoms with Crippen LogP contribution in [0.1, 0.15) is 32.1 Å². The Hall–Kier alpha value is -1.10. The van der Waals surface area contributed by atoms with Crippen LogP contribution >= 0.6 is 0 Å². The first-order valence-electron chi connectivity index (χ1n) is 5.90. The fraction of sp³-hybridized carbons (Fsp3) is 0.818. The van der Waals surface area contributed by atoms with Crippen LogP contribution in [0.4, 0.5) is 5.95 Å². The van der Waals surface area contributed by atoms with Crippen LogP contribution in [0.25, 0.3) is 0 Å². The third kappa shape index (κ3) is 1.91.